The van der Waals surface area contributed by atoms with Crippen molar-refractivity contribution >= 4 is 26.8 Å². The van der Waals surface area contributed by atoms with E-state index >= 15 is 0 Å². The van der Waals surface area contributed by atoms with E-state index in [1.165, 1.54) is 13.0 Å². The second kappa shape index (κ2) is 10.7. The van der Waals surface area contributed by atoms with Crippen LogP contribution in [0, 0.1) is 17.2 Å². The third kappa shape index (κ3) is 6.37. The first kappa shape index (κ1) is 26.6. The first-order valence-electron chi connectivity index (χ1n) is 12.1. The zero-order valence-corrected chi connectivity index (χ0v) is 21.8. The fourth-order valence-corrected chi connectivity index (χ4v) is 7.06. The molecule has 0 spiro atoms. The summed E-state index contributed by atoms with van der Waals surface area (Å²) in [5.41, 5.74) is 1.51. The Morgan fingerprint density at radius 3 is 2.53 bits per heavy atom. The topological polar surface area (TPSA) is 94.3 Å². The van der Waals surface area contributed by atoms with Gasteiger partial charge in [0.25, 0.3) is 0 Å². The summed E-state index contributed by atoms with van der Waals surface area (Å²) in [6.07, 6.45) is 3.69. The zero-order valence-electron chi connectivity index (χ0n) is 20.9. The molecule has 1 saturated heterocycles. The van der Waals surface area contributed by atoms with Crippen LogP contribution in [-0.4, -0.2) is 62.2 Å². The number of H-pyrrole nitrogens is 1. The van der Waals surface area contributed by atoms with Gasteiger partial charge in [0.2, 0.25) is 15.9 Å². The van der Waals surface area contributed by atoms with Crippen LogP contribution in [0.3, 0.4) is 0 Å². The highest BCUT2D eigenvalue weighted by Gasteiger charge is 2.38. The normalized spacial score (nSPS) is 18.2. The molecule has 1 aliphatic heterocycles. The van der Waals surface area contributed by atoms with Crippen molar-refractivity contribution in [2.45, 2.75) is 58.6 Å². The number of carbonyl (C=O) groups excluding carboxylic acids is 1. The molecule has 34 heavy (non-hydrogen) atoms. The molecule has 7 nitrogen and oxygen atoms in total. The highest BCUT2D eigenvalue weighted by Crippen LogP contribution is 2.37. The van der Waals surface area contributed by atoms with Gasteiger partial charge in [-0.25, -0.2) is 17.5 Å². The van der Waals surface area contributed by atoms with Gasteiger partial charge in [-0.05, 0) is 61.0 Å². The van der Waals surface area contributed by atoms with Crippen LogP contribution < -0.4 is 10.0 Å². The number of amides is 1. The van der Waals surface area contributed by atoms with Crippen molar-refractivity contribution in [1.29, 1.82) is 0 Å². The zero-order chi connectivity index (χ0) is 25.1. The Bertz CT molecular complexity index is 1090. The molecule has 2 aromatic rings. The molecule has 1 amide bonds. The molecule has 2 heterocycles. The monoisotopic (exact) mass is 494 g/mol. The molecule has 0 saturated carbocycles. The molecule has 2 unspecified atom stereocenters. The van der Waals surface area contributed by atoms with Crippen molar-refractivity contribution in [1.82, 2.24) is 19.9 Å². The Morgan fingerprint density at radius 1 is 1.26 bits per heavy atom. The lowest BCUT2D eigenvalue weighted by atomic mass is 9.79. The molecule has 0 radical (unpaired) electrons. The van der Waals surface area contributed by atoms with E-state index in [2.05, 4.69) is 19.9 Å². The number of carbonyl (C=O) groups is 1. The second-order valence-corrected chi connectivity index (χ2v) is 12.5. The number of halogens is 1. The number of nitrogens with one attached hydrogen (secondary N) is 3. The van der Waals surface area contributed by atoms with E-state index in [1.54, 1.807) is 19.1 Å². The molecule has 1 aliphatic rings. The van der Waals surface area contributed by atoms with Gasteiger partial charge in [0.05, 0.1) is 5.25 Å². The number of aromatic amines is 1. The van der Waals surface area contributed by atoms with Gasteiger partial charge < -0.3 is 15.2 Å². The first-order valence-corrected chi connectivity index (χ1v) is 13.7. The van der Waals surface area contributed by atoms with E-state index in [9.17, 15) is 17.6 Å². The third-order valence-electron chi connectivity index (χ3n) is 6.96. The van der Waals surface area contributed by atoms with Crippen LogP contribution in [0.5, 0.6) is 0 Å². The van der Waals surface area contributed by atoms with Gasteiger partial charge in [-0.1, -0.05) is 27.7 Å². The number of likely N-dealkylation sites (tertiary alicyclic amines) is 1. The molecule has 1 fully saturated rings. The summed E-state index contributed by atoms with van der Waals surface area (Å²) in [4.78, 5) is 17.2. The lowest BCUT2D eigenvalue weighted by molar-refractivity contribution is -0.119. The molecule has 1 aromatic carbocycles. The number of piperidine rings is 1. The fraction of sp³-hybridized carbons (Fsp3) is 0.640. The van der Waals surface area contributed by atoms with E-state index in [0.29, 0.717) is 25.6 Å². The van der Waals surface area contributed by atoms with Gasteiger partial charge in [0.15, 0.2) is 0 Å². The summed E-state index contributed by atoms with van der Waals surface area (Å²) >= 11 is 0. The van der Waals surface area contributed by atoms with Gasteiger partial charge in [0, 0.05) is 49.6 Å². The number of sulfonamides is 1. The van der Waals surface area contributed by atoms with E-state index in [4.69, 9.17) is 0 Å². The number of rotatable bonds is 9. The predicted molar refractivity (Wildman–Crippen MR) is 135 cm³/mol. The maximum absolute atomic E-state index is 14.0. The van der Waals surface area contributed by atoms with Crippen LogP contribution in [0.2, 0.25) is 0 Å². The number of hydrogen-bond donors (Lipinski definition) is 3. The van der Waals surface area contributed by atoms with E-state index in [-0.39, 0.29) is 23.1 Å². The van der Waals surface area contributed by atoms with Crippen molar-refractivity contribution in [3.8, 4) is 0 Å². The largest absolute Gasteiger partial charge is 0.361 e. The van der Waals surface area contributed by atoms with Crippen molar-refractivity contribution in [2.75, 3.05) is 32.7 Å². The van der Waals surface area contributed by atoms with Crippen molar-refractivity contribution < 1.29 is 17.6 Å². The Labute approximate surface area is 202 Å². The van der Waals surface area contributed by atoms with E-state index in [0.717, 1.165) is 42.4 Å². The molecule has 3 N–H and O–H groups in total. The van der Waals surface area contributed by atoms with Gasteiger partial charge in [0.1, 0.15) is 5.82 Å². The summed E-state index contributed by atoms with van der Waals surface area (Å²) in [7, 11) is -3.42. The number of aromatic nitrogens is 1. The summed E-state index contributed by atoms with van der Waals surface area (Å²) in [6, 6.07) is 4.73. The van der Waals surface area contributed by atoms with Gasteiger partial charge in [-0.3, -0.25) is 4.79 Å². The number of hydrogen-bond acceptors (Lipinski definition) is 4. The van der Waals surface area contributed by atoms with Crippen molar-refractivity contribution in [2.24, 2.45) is 11.3 Å². The molecule has 9 heteroatoms. The average Bonchev–Trinajstić information content (AvgIpc) is 3.15. The molecular weight excluding hydrogens is 455 g/mol. The minimum atomic E-state index is -3.42. The molecule has 2 atom stereocenters. The van der Waals surface area contributed by atoms with Gasteiger partial charge in [-0.2, -0.15) is 0 Å². The van der Waals surface area contributed by atoms with E-state index in [1.807, 2.05) is 27.0 Å². The summed E-state index contributed by atoms with van der Waals surface area (Å²) in [5, 5.41) is 3.30. The smallest absolute Gasteiger partial charge is 0.216 e. The molecule has 0 bridgehead atoms. The first-order chi connectivity index (χ1) is 15.9. The van der Waals surface area contributed by atoms with Crippen LogP contribution in [-0.2, 0) is 14.8 Å². The molecular formula is C25H39FN4O3S. The number of nitrogens with zero attached hydrogens (tertiary/aromatic N) is 1. The Morgan fingerprint density at radius 2 is 1.94 bits per heavy atom. The maximum atomic E-state index is 14.0. The quantitative estimate of drug-likeness (QED) is 0.497. The second-order valence-electron chi connectivity index (χ2n) is 10.5. The van der Waals surface area contributed by atoms with Gasteiger partial charge >= 0.3 is 0 Å². The molecule has 1 aromatic heterocycles. The van der Waals surface area contributed by atoms with Crippen molar-refractivity contribution in [3.63, 3.8) is 0 Å². The maximum Gasteiger partial charge on any atom is 0.216 e. The third-order valence-corrected chi connectivity index (χ3v) is 9.25. The summed E-state index contributed by atoms with van der Waals surface area (Å²) < 4.78 is 42.4. The molecule has 0 aliphatic carbocycles. The summed E-state index contributed by atoms with van der Waals surface area (Å²) in [6.45, 7) is 12.1. The summed E-state index contributed by atoms with van der Waals surface area (Å²) in [5.74, 6) is -0.0268. The fourth-order valence-electron chi connectivity index (χ4n) is 5.12. The Hall–Kier alpha value is -1.97. The lowest BCUT2D eigenvalue weighted by Crippen LogP contribution is -2.50. The molecule has 190 valence electrons. The van der Waals surface area contributed by atoms with Crippen molar-refractivity contribution in [3.05, 3.63) is 35.8 Å². The highest BCUT2D eigenvalue weighted by molar-refractivity contribution is 7.90. The standard InChI is InChI=1S/C25H39FN4O3S/c1-6-29-34(32,33)24(25(3,4)5)16-30-11-9-18(10-12-30)21(14-27-17(2)31)22-15-28-23-8-7-19(26)13-20(22)23/h7-8,13,15,18,21,24,28-29H,6,9-12,14,16H2,1-5H3,(H,27,31). The SMILES string of the molecule is CCNS(=O)(=O)C(CN1CCC(C(CNC(C)=O)c2c[nH]c3ccc(F)cc23)CC1)C(C)(C)C. The highest BCUT2D eigenvalue weighted by atomic mass is 32.2. The Kier molecular flexibility index (Phi) is 8.42. The minimum Gasteiger partial charge on any atom is -0.361 e. The molecule has 3 rings (SSSR count). The van der Waals surface area contributed by atoms with Crippen LogP contribution in [0.15, 0.2) is 24.4 Å². The average molecular weight is 495 g/mol. The van der Waals surface area contributed by atoms with Crippen LogP contribution in [0.25, 0.3) is 10.9 Å². The number of fused-ring (bicyclic) bond motifs is 1. The van der Waals surface area contributed by atoms with Crippen LogP contribution in [0.4, 0.5) is 4.39 Å². The minimum absolute atomic E-state index is 0.0468. The lowest BCUT2D eigenvalue weighted by Gasteiger charge is -2.40. The van der Waals surface area contributed by atoms with Crippen LogP contribution in [0.1, 0.15) is 58.9 Å². The van der Waals surface area contributed by atoms with E-state index < -0.39 is 15.3 Å². The number of benzene rings is 1. The predicted octanol–water partition coefficient (Wildman–Crippen LogP) is 3.59. The van der Waals surface area contributed by atoms with Crippen LogP contribution >= 0.6 is 0 Å². The van der Waals surface area contributed by atoms with Gasteiger partial charge in [-0.15, -0.1) is 0 Å². The Balaban J connectivity index is 1.76.